The van der Waals surface area contributed by atoms with Crippen molar-refractivity contribution >= 4 is 17.8 Å². The van der Waals surface area contributed by atoms with E-state index in [0.29, 0.717) is 12.1 Å². The average Bonchev–Trinajstić information content (AvgIpc) is 2.90. The van der Waals surface area contributed by atoms with E-state index in [2.05, 4.69) is 15.5 Å². The first kappa shape index (κ1) is 20.3. The molecule has 0 aromatic heterocycles. The predicted molar refractivity (Wildman–Crippen MR) is 102 cm³/mol. The third kappa shape index (κ3) is 4.49. The summed E-state index contributed by atoms with van der Waals surface area (Å²) in [7, 11) is 0. The first-order valence-corrected chi connectivity index (χ1v) is 9.79. The molecule has 0 radical (unpaired) electrons. The molecule has 0 bridgehead atoms. The Balaban J connectivity index is 1.49. The Hall–Kier alpha value is -2.48. The summed E-state index contributed by atoms with van der Waals surface area (Å²) in [5.74, 6) is -1.32. The molecule has 2 aliphatic heterocycles. The number of urea groups is 1. The lowest BCUT2D eigenvalue weighted by atomic mass is 9.92. The van der Waals surface area contributed by atoms with Gasteiger partial charge in [-0.1, -0.05) is 18.6 Å². The van der Waals surface area contributed by atoms with E-state index in [9.17, 15) is 18.8 Å². The molecule has 1 atom stereocenters. The number of benzene rings is 1. The maximum absolute atomic E-state index is 13.1. The highest BCUT2D eigenvalue weighted by Crippen LogP contribution is 2.28. The summed E-state index contributed by atoms with van der Waals surface area (Å²) in [6.07, 6.45) is 4.58. The smallest absolute Gasteiger partial charge is 0.325 e. The summed E-state index contributed by atoms with van der Waals surface area (Å²) in [5.41, 5.74) is -0.837. The van der Waals surface area contributed by atoms with E-state index < -0.39 is 23.3 Å². The molecular weight excluding hydrogens is 363 g/mol. The van der Waals surface area contributed by atoms with E-state index in [-0.39, 0.29) is 12.5 Å². The summed E-state index contributed by atoms with van der Waals surface area (Å²) >= 11 is 0. The Morgan fingerprint density at radius 3 is 2.54 bits per heavy atom. The molecule has 28 heavy (non-hydrogen) atoms. The maximum Gasteiger partial charge on any atom is 0.325 e. The zero-order valence-corrected chi connectivity index (χ0v) is 16.2. The average molecular weight is 390 g/mol. The fraction of sp³-hybridized carbons (Fsp3) is 0.550. The molecule has 7 nitrogen and oxygen atoms in total. The van der Waals surface area contributed by atoms with Gasteiger partial charge < -0.3 is 15.5 Å². The molecule has 152 valence electrons. The molecule has 0 spiro atoms. The zero-order chi connectivity index (χ0) is 20.1. The minimum absolute atomic E-state index is 0.328. The van der Waals surface area contributed by atoms with Crippen LogP contribution in [0.25, 0.3) is 0 Å². The minimum Gasteiger partial charge on any atom is -0.354 e. The lowest BCUT2D eigenvalue weighted by molar-refractivity contribution is -0.134. The van der Waals surface area contributed by atoms with Crippen LogP contribution in [0, 0.1) is 5.82 Å². The van der Waals surface area contributed by atoms with Crippen molar-refractivity contribution in [1.82, 2.24) is 20.4 Å². The third-order valence-electron chi connectivity index (χ3n) is 5.42. The van der Waals surface area contributed by atoms with Gasteiger partial charge in [0.25, 0.3) is 5.91 Å². The van der Waals surface area contributed by atoms with Crippen molar-refractivity contribution in [2.45, 2.75) is 38.1 Å². The van der Waals surface area contributed by atoms with Crippen LogP contribution < -0.4 is 10.6 Å². The van der Waals surface area contributed by atoms with Gasteiger partial charge in [0.1, 0.15) is 17.9 Å². The Labute approximate surface area is 164 Å². The number of amides is 4. The molecule has 2 saturated heterocycles. The van der Waals surface area contributed by atoms with Crippen LogP contribution in [0.4, 0.5) is 9.18 Å². The summed E-state index contributed by atoms with van der Waals surface area (Å²) in [4.78, 5) is 40.5. The number of carbonyl (C=O) groups excluding carboxylic acids is 3. The van der Waals surface area contributed by atoms with Gasteiger partial charge in [-0.05, 0) is 63.5 Å². The molecule has 4 amide bonds. The number of nitrogens with one attached hydrogen (secondary N) is 2. The number of hydrogen-bond acceptors (Lipinski definition) is 4. The van der Waals surface area contributed by atoms with Crippen LogP contribution in [0.5, 0.6) is 0 Å². The summed E-state index contributed by atoms with van der Waals surface area (Å²) in [6, 6.07) is 4.76. The molecule has 2 fully saturated rings. The lowest BCUT2D eigenvalue weighted by Gasteiger charge is -2.26. The van der Waals surface area contributed by atoms with Gasteiger partial charge >= 0.3 is 6.03 Å². The van der Waals surface area contributed by atoms with Crippen LogP contribution in [0.15, 0.2) is 24.3 Å². The molecule has 1 aromatic carbocycles. The first-order chi connectivity index (χ1) is 13.4. The van der Waals surface area contributed by atoms with Crippen LogP contribution in [0.2, 0.25) is 0 Å². The van der Waals surface area contributed by atoms with E-state index in [1.807, 2.05) is 0 Å². The molecule has 2 heterocycles. The number of likely N-dealkylation sites (tertiary alicyclic amines) is 1. The highest BCUT2D eigenvalue weighted by Gasteiger charge is 2.49. The summed E-state index contributed by atoms with van der Waals surface area (Å²) in [5, 5.41) is 5.39. The Morgan fingerprint density at radius 1 is 1.18 bits per heavy atom. The molecule has 1 unspecified atom stereocenters. The highest BCUT2D eigenvalue weighted by atomic mass is 19.1. The van der Waals surface area contributed by atoms with E-state index in [4.69, 9.17) is 0 Å². The number of nitrogens with zero attached hydrogens (tertiary/aromatic N) is 2. The third-order valence-corrected chi connectivity index (χ3v) is 5.42. The van der Waals surface area contributed by atoms with Gasteiger partial charge in [0.15, 0.2) is 0 Å². The lowest BCUT2D eigenvalue weighted by Crippen LogP contribution is -2.43. The van der Waals surface area contributed by atoms with E-state index in [1.165, 1.54) is 43.5 Å². The van der Waals surface area contributed by atoms with Crippen molar-refractivity contribution in [2.75, 3.05) is 32.7 Å². The van der Waals surface area contributed by atoms with Crippen LogP contribution >= 0.6 is 0 Å². The Bertz CT molecular complexity index is 733. The molecule has 8 heteroatoms. The van der Waals surface area contributed by atoms with Gasteiger partial charge in [-0.3, -0.25) is 14.5 Å². The van der Waals surface area contributed by atoms with Gasteiger partial charge in [-0.25, -0.2) is 9.18 Å². The monoisotopic (exact) mass is 390 g/mol. The van der Waals surface area contributed by atoms with Crippen molar-refractivity contribution in [2.24, 2.45) is 0 Å². The topological polar surface area (TPSA) is 81.8 Å². The van der Waals surface area contributed by atoms with Gasteiger partial charge in [-0.15, -0.1) is 0 Å². The van der Waals surface area contributed by atoms with Gasteiger partial charge in [0, 0.05) is 6.54 Å². The summed E-state index contributed by atoms with van der Waals surface area (Å²) < 4.78 is 13.1. The van der Waals surface area contributed by atoms with Crippen molar-refractivity contribution in [3.63, 3.8) is 0 Å². The standard InChI is InChI=1S/C20H27FN4O3/c1-20(15-6-8-16(21)9-7-15)18(27)25(19(28)23-20)14-17(26)22-10-5-13-24-11-3-2-4-12-24/h6-9H,2-5,10-14H2,1H3,(H,22,26)(H,23,28). The number of rotatable bonds is 7. The second-order valence-corrected chi connectivity index (χ2v) is 7.56. The second kappa shape index (κ2) is 8.68. The molecule has 0 aliphatic carbocycles. The van der Waals surface area contributed by atoms with E-state index in [1.54, 1.807) is 6.92 Å². The highest BCUT2D eigenvalue weighted by molar-refractivity contribution is 6.09. The molecular formula is C20H27FN4O3. The van der Waals surface area contributed by atoms with Gasteiger partial charge in [0.2, 0.25) is 5.91 Å². The Morgan fingerprint density at radius 2 is 1.86 bits per heavy atom. The maximum atomic E-state index is 13.1. The van der Waals surface area contributed by atoms with E-state index >= 15 is 0 Å². The van der Waals surface area contributed by atoms with Crippen molar-refractivity contribution < 1.29 is 18.8 Å². The van der Waals surface area contributed by atoms with E-state index in [0.717, 1.165) is 31.0 Å². The fourth-order valence-corrected chi connectivity index (χ4v) is 3.73. The van der Waals surface area contributed by atoms with Crippen LogP contribution in [0.1, 0.15) is 38.2 Å². The van der Waals surface area contributed by atoms with Gasteiger partial charge in [0.05, 0.1) is 0 Å². The SMILES string of the molecule is CC1(c2ccc(F)cc2)NC(=O)N(CC(=O)NCCCN2CCCCC2)C1=O. The largest absolute Gasteiger partial charge is 0.354 e. The number of carbonyl (C=O) groups is 3. The van der Waals surface area contributed by atoms with Crippen LogP contribution in [0.3, 0.4) is 0 Å². The predicted octanol–water partition coefficient (Wildman–Crippen LogP) is 1.58. The first-order valence-electron chi connectivity index (χ1n) is 9.79. The number of imide groups is 1. The normalized spacial score (nSPS) is 23.0. The van der Waals surface area contributed by atoms with Crippen LogP contribution in [-0.2, 0) is 15.1 Å². The Kier molecular flexibility index (Phi) is 6.28. The molecule has 2 N–H and O–H groups in total. The zero-order valence-electron chi connectivity index (χ0n) is 16.2. The quantitative estimate of drug-likeness (QED) is 0.547. The van der Waals surface area contributed by atoms with Crippen LogP contribution in [-0.4, -0.2) is 60.4 Å². The number of halogens is 1. The van der Waals surface area contributed by atoms with Crippen molar-refractivity contribution in [1.29, 1.82) is 0 Å². The minimum atomic E-state index is -1.31. The summed E-state index contributed by atoms with van der Waals surface area (Å²) in [6.45, 7) is 4.89. The fourth-order valence-electron chi connectivity index (χ4n) is 3.73. The molecule has 1 aromatic rings. The van der Waals surface area contributed by atoms with Crippen molar-refractivity contribution in [3.8, 4) is 0 Å². The molecule has 2 aliphatic rings. The van der Waals surface area contributed by atoms with Crippen molar-refractivity contribution in [3.05, 3.63) is 35.6 Å². The number of piperidine rings is 1. The molecule has 3 rings (SSSR count). The van der Waals surface area contributed by atoms with Gasteiger partial charge in [-0.2, -0.15) is 0 Å². The molecule has 0 saturated carbocycles. The number of hydrogen-bond donors (Lipinski definition) is 2. The second-order valence-electron chi connectivity index (χ2n) is 7.56.